The van der Waals surface area contributed by atoms with Crippen molar-refractivity contribution in [1.29, 1.82) is 0 Å². The molecular weight excluding hydrogens is 280 g/mol. The van der Waals surface area contributed by atoms with Crippen LogP contribution in [0.25, 0.3) is 16.4 Å². The van der Waals surface area contributed by atoms with Gasteiger partial charge in [0.05, 0.1) is 5.03 Å². The van der Waals surface area contributed by atoms with Gasteiger partial charge in [-0.1, -0.05) is 42.1 Å². The molecule has 0 fully saturated rings. The van der Waals surface area contributed by atoms with E-state index in [-0.39, 0.29) is 0 Å². The zero-order valence-electron chi connectivity index (χ0n) is 11.1. The van der Waals surface area contributed by atoms with Crippen LogP contribution in [0.5, 0.6) is 5.75 Å². The molecule has 1 N–H and O–H groups in total. The molecule has 4 aromatic rings. The second-order valence-electron chi connectivity index (χ2n) is 4.75. The minimum atomic E-state index is 0.316. The van der Waals surface area contributed by atoms with Crippen LogP contribution in [0, 0.1) is 0 Å². The SMILES string of the molecule is Oc1ccc(Sc2cccc3nccn23)c2ccccc12. The third-order valence-electron chi connectivity index (χ3n) is 3.47. The smallest absolute Gasteiger partial charge is 0.137 e. The summed E-state index contributed by atoms with van der Waals surface area (Å²) in [5.74, 6) is 0.316. The van der Waals surface area contributed by atoms with E-state index in [1.54, 1.807) is 24.0 Å². The lowest BCUT2D eigenvalue weighted by Crippen LogP contribution is -1.88. The number of fused-ring (bicyclic) bond motifs is 2. The van der Waals surface area contributed by atoms with Gasteiger partial charge in [-0.15, -0.1) is 0 Å². The van der Waals surface area contributed by atoms with Crippen LogP contribution in [0.15, 0.2) is 76.9 Å². The number of imidazole rings is 1. The minimum absolute atomic E-state index is 0.316. The number of phenols is 1. The number of rotatable bonds is 2. The van der Waals surface area contributed by atoms with Crippen molar-refractivity contribution in [3.63, 3.8) is 0 Å². The Bertz CT molecular complexity index is 946. The van der Waals surface area contributed by atoms with Gasteiger partial charge in [-0.3, -0.25) is 4.40 Å². The minimum Gasteiger partial charge on any atom is -0.507 e. The highest BCUT2D eigenvalue weighted by Crippen LogP contribution is 2.36. The summed E-state index contributed by atoms with van der Waals surface area (Å²) in [5, 5.41) is 13.0. The van der Waals surface area contributed by atoms with E-state index in [2.05, 4.69) is 15.5 Å². The van der Waals surface area contributed by atoms with Crippen molar-refractivity contribution < 1.29 is 5.11 Å². The Labute approximate surface area is 125 Å². The van der Waals surface area contributed by atoms with E-state index >= 15 is 0 Å². The molecule has 0 unspecified atom stereocenters. The van der Waals surface area contributed by atoms with E-state index in [4.69, 9.17) is 0 Å². The van der Waals surface area contributed by atoms with E-state index < -0.39 is 0 Å². The summed E-state index contributed by atoms with van der Waals surface area (Å²) in [6.07, 6.45) is 3.76. The Hall–Kier alpha value is -2.46. The molecule has 102 valence electrons. The maximum Gasteiger partial charge on any atom is 0.137 e. The van der Waals surface area contributed by atoms with Crippen molar-refractivity contribution >= 4 is 28.2 Å². The molecule has 21 heavy (non-hydrogen) atoms. The second-order valence-corrected chi connectivity index (χ2v) is 5.81. The number of hydrogen-bond acceptors (Lipinski definition) is 3. The third-order valence-corrected chi connectivity index (χ3v) is 4.58. The fourth-order valence-corrected chi connectivity index (χ4v) is 3.51. The monoisotopic (exact) mass is 292 g/mol. The molecule has 0 radical (unpaired) electrons. The first-order valence-corrected chi connectivity index (χ1v) is 7.45. The molecule has 4 rings (SSSR count). The molecule has 3 nitrogen and oxygen atoms in total. The van der Waals surface area contributed by atoms with Gasteiger partial charge in [0.2, 0.25) is 0 Å². The Morgan fingerprint density at radius 3 is 2.67 bits per heavy atom. The highest BCUT2D eigenvalue weighted by molar-refractivity contribution is 7.99. The van der Waals surface area contributed by atoms with Crippen LogP contribution in [-0.4, -0.2) is 14.5 Å². The molecule has 2 aromatic heterocycles. The summed E-state index contributed by atoms with van der Waals surface area (Å²) in [6, 6.07) is 17.7. The molecule has 0 aliphatic heterocycles. The first kappa shape index (κ1) is 12.3. The maximum absolute atomic E-state index is 9.98. The quantitative estimate of drug-likeness (QED) is 0.597. The summed E-state index contributed by atoms with van der Waals surface area (Å²) in [7, 11) is 0. The second kappa shape index (κ2) is 4.82. The molecule has 0 aliphatic rings. The average Bonchev–Trinajstić information content (AvgIpc) is 3.00. The highest BCUT2D eigenvalue weighted by atomic mass is 32.2. The van der Waals surface area contributed by atoms with Crippen molar-refractivity contribution in [1.82, 2.24) is 9.38 Å². The van der Waals surface area contributed by atoms with Crippen LogP contribution in [0.1, 0.15) is 0 Å². The maximum atomic E-state index is 9.98. The van der Waals surface area contributed by atoms with Gasteiger partial charge in [0.15, 0.2) is 0 Å². The number of pyridine rings is 1. The van der Waals surface area contributed by atoms with Crippen molar-refractivity contribution in [3.8, 4) is 5.75 Å². The number of hydrogen-bond donors (Lipinski definition) is 1. The Kier molecular flexibility index (Phi) is 2.82. The van der Waals surface area contributed by atoms with E-state index in [9.17, 15) is 5.11 Å². The van der Waals surface area contributed by atoms with Gasteiger partial charge in [-0.05, 0) is 29.7 Å². The van der Waals surface area contributed by atoms with E-state index in [0.29, 0.717) is 5.75 Å². The van der Waals surface area contributed by atoms with Crippen LogP contribution in [-0.2, 0) is 0 Å². The fraction of sp³-hybridized carbons (Fsp3) is 0. The first-order chi connectivity index (χ1) is 10.3. The van der Waals surface area contributed by atoms with Crippen molar-refractivity contribution in [2.24, 2.45) is 0 Å². The molecule has 0 amide bonds. The van der Waals surface area contributed by atoms with Gasteiger partial charge in [0, 0.05) is 22.7 Å². The summed E-state index contributed by atoms with van der Waals surface area (Å²) in [6.45, 7) is 0. The summed E-state index contributed by atoms with van der Waals surface area (Å²) in [4.78, 5) is 5.42. The van der Waals surface area contributed by atoms with E-state index in [0.717, 1.165) is 26.3 Å². The van der Waals surface area contributed by atoms with Crippen LogP contribution in [0.4, 0.5) is 0 Å². The standard InChI is InChI=1S/C17H12N2OS/c20-14-8-9-15(13-5-2-1-4-12(13)14)21-17-7-3-6-16-18-10-11-19(16)17/h1-11,20H. The molecule has 2 aromatic carbocycles. The lowest BCUT2D eigenvalue weighted by atomic mass is 10.1. The number of nitrogens with zero attached hydrogens (tertiary/aromatic N) is 2. The van der Waals surface area contributed by atoms with Crippen molar-refractivity contribution in [2.45, 2.75) is 9.92 Å². The first-order valence-electron chi connectivity index (χ1n) is 6.63. The van der Waals surface area contributed by atoms with Crippen molar-refractivity contribution in [2.75, 3.05) is 0 Å². The van der Waals surface area contributed by atoms with Gasteiger partial charge in [0.1, 0.15) is 11.4 Å². The molecule has 0 spiro atoms. The van der Waals surface area contributed by atoms with Gasteiger partial charge in [-0.2, -0.15) is 0 Å². The van der Waals surface area contributed by atoms with Crippen LogP contribution < -0.4 is 0 Å². The zero-order chi connectivity index (χ0) is 14.2. The Morgan fingerprint density at radius 2 is 1.76 bits per heavy atom. The molecule has 0 atom stereocenters. The van der Waals surface area contributed by atoms with Crippen molar-refractivity contribution in [3.05, 3.63) is 67.0 Å². The van der Waals surface area contributed by atoms with Gasteiger partial charge in [-0.25, -0.2) is 4.98 Å². The lowest BCUT2D eigenvalue weighted by molar-refractivity contribution is 0.481. The predicted molar refractivity (Wildman–Crippen MR) is 84.9 cm³/mol. The topological polar surface area (TPSA) is 37.5 Å². The number of phenolic OH excluding ortho intramolecular Hbond substituents is 1. The fourth-order valence-electron chi connectivity index (χ4n) is 2.46. The zero-order valence-corrected chi connectivity index (χ0v) is 11.9. The summed E-state index contributed by atoms with van der Waals surface area (Å²) >= 11 is 1.67. The Morgan fingerprint density at radius 1 is 0.905 bits per heavy atom. The Balaban J connectivity index is 1.88. The highest BCUT2D eigenvalue weighted by Gasteiger charge is 2.08. The third kappa shape index (κ3) is 2.04. The predicted octanol–water partition coefficient (Wildman–Crippen LogP) is 4.34. The number of aromatic hydroxyl groups is 1. The van der Waals surface area contributed by atoms with Gasteiger partial charge >= 0.3 is 0 Å². The van der Waals surface area contributed by atoms with E-state index in [1.165, 1.54) is 0 Å². The summed E-state index contributed by atoms with van der Waals surface area (Å²) in [5.41, 5.74) is 0.933. The molecular formula is C17H12N2OS. The molecule has 0 aliphatic carbocycles. The largest absolute Gasteiger partial charge is 0.507 e. The molecule has 0 saturated heterocycles. The molecule has 0 bridgehead atoms. The molecule has 4 heteroatoms. The van der Waals surface area contributed by atoms with Gasteiger partial charge in [0.25, 0.3) is 0 Å². The molecule has 0 saturated carbocycles. The van der Waals surface area contributed by atoms with E-state index in [1.807, 2.05) is 48.7 Å². The van der Waals surface area contributed by atoms with Crippen LogP contribution >= 0.6 is 11.8 Å². The number of benzene rings is 2. The summed E-state index contributed by atoms with van der Waals surface area (Å²) < 4.78 is 2.06. The average molecular weight is 292 g/mol. The molecule has 2 heterocycles. The lowest BCUT2D eigenvalue weighted by Gasteiger charge is -2.09. The van der Waals surface area contributed by atoms with Crippen LogP contribution in [0.3, 0.4) is 0 Å². The normalized spacial score (nSPS) is 11.2. The van der Waals surface area contributed by atoms with Crippen LogP contribution in [0.2, 0.25) is 0 Å². The number of aromatic nitrogens is 2. The van der Waals surface area contributed by atoms with Gasteiger partial charge < -0.3 is 5.11 Å².